The molecular formula is C13H27N3O. The minimum atomic E-state index is -0.0294. The van der Waals surface area contributed by atoms with Gasteiger partial charge in [0.2, 0.25) is 5.91 Å². The van der Waals surface area contributed by atoms with Gasteiger partial charge in [0, 0.05) is 44.7 Å². The van der Waals surface area contributed by atoms with Crippen LogP contribution in [0.3, 0.4) is 0 Å². The van der Waals surface area contributed by atoms with Crippen molar-refractivity contribution >= 4 is 5.91 Å². The van der Waals surface area contributed by atoms with Crippen LogP contribution in [-0.4, -0.2) is 49.1 Å². The van der Waals surface area contributed by atoms with Crippen molar-refractivity contribution in [2.45, 2.75) is 45.6 Å². The molecule has 0 saturated carbocycles. The van der Waals surface area contributed by atoms with Crippen LogP contribution in [0.25, 0.3) is 0 Å². The minimum absolute atomic E-state index is 0.0294. The molecule has 100 valence electrons. The summed E-state index contributed by atoms with van der Waals surface area (Å²) in [6.07, 6.45) is 2.79. The van der Waals surface area contributed by atoms with Gasteiger partial charge < -0.3 is 10.6 Å². The van der Waals surface area contributed by atoms with E-state index < -0.39 is 0 Å². The molecule has 17 heavy (non-hydrogen) atoms. The summed E-state index contributed by atoms with van der Waals surface area (Å²) in [6, 6.07) is 0. The van der Waals surface area contributed by atoms with Gasteiger partial charge in [0.15, 0.2) is 0 Å². The average molecular weight is 241 g/mol. The summed E-state index contributed by atoms with van der Waals surface area (Å²) in [5.74, 6) is 0.182. The number of nitrogens with one attached hydrogen (secondary N) is 2. The fourth-order valence-corrected chi connectivity index (χ4v) is 2.24. The Labute approximate surface area is 105 Å². The van der Waals surface area contributed by atoms with Gasteiger partial charge in [-0.1, -0.05) is 13.3 Å². The fourth-order valence-electron chi connectivity index (χ4n) is 2.24. The number of amides is 1. The van der Waals surface area contributed by atoms with E-state index in [1.165, 1.54) is 0 Å². The second-order valence-corrected chi connectivity index (χ2v) is 5.43. The lowest BCUT2D eigenvalue weighted by Crippen LogP contribution is -2.54. The third-order valence-electron chi connectivity index (χ3n) is 3.42. The molecule has 1 rings (SSSR count). The molecule has 1 fully saturated rings. The van der Waals surface area contributed by atoms with E-state index in [0.29, 0.717) is 6.42 Å². The van der Waals surface area contributed by atoms with Crippen molar-refractivity contribution in [2.24, 2.45) is 0 Å². The average Bonchev–Trinajstić information content (AvgIpc) is 2.30. The van der Waals surface area contributed by atoms with Crippen molar-refractivity contribution in [2.75, 3.05) is 32.7 Å². The van der Waals surface area contributed by atoms with Crippen molar-refractivity contribution in [3.05, 3.63) is 0 Å². The Morgan fingerprint density at radius 2 is 2.00 bits per heavy atom. The molecule has 1 heterocycles. The molecule has 4 nitrogen and oxygen atoms in total. The summed E-state index contributed by atoms with van der Waals surface area (Å²) in [5, 5.41) is 6.34. The summed E-state index contributed by atoms with van der Waals surface area (Å²) in [5.41, 5.74) is -0.0294. The maximum absolute atomic E-state index is 11.8. The first-order valence-corrected chi connectivity index (χ1v) is 6.79. The van der Waals surface area contributed by atoms with Crippen LogP contribution in [0.4, 0.5) is 0 Å². The first kappa shape index (κ1) is 14.5. The third kappa shape index (κ3) is 5.04. The molecule has 1 aliphatic rings. The van der Waals surface area contributed by atoms with Gasteiger partial charge in [-0.3, -0.25) is 9.69 Å². The van der Waals surface area contributed by atoms with E-state index >= 15 is 0 Å². The van der Waals surface area contributed by atoms with Crippen LogP contribution in [0.15, 0.2) is 0 Å². The highest BCUT2D eigenvalue weighted by Crippen LogP contribution is 2.19. The molecule has 0 unspecified atom stereocenters. The summed E-state index contributed by atoms with van der Waals surface area (Å²) >= 11 is 0. The molecule has 4 heteroatoms. The highest BCUT2D eigenvalue weighted by atomic mass is 16.1. The van der Waals surface area contributed by atoms with Crippen molar-refractivity contribution in [3.8, 4) is 0 Å². The number of hydrogen-bond acceptors (Lipinski definition) is 3. The van der Waals surface area contributed by atoms with Crippen LogP contribution in [0.2, 0.25) is 0 Å². The molecule has 0 spiro atoms. The van der Waals surface area contributed by atoms with E-state index in [1.807, 2.05) is 0 Å². The molecule has 1 amide bonds. The molecule has 0 aromatic rings. The van der Waals surface area contributed by atoms with Gasteiger partial charge >= 0.3 is 0 Å². The van der Waals surface area contributed by atoms with Gasteiger partial charge in [0.05, 0.1) is 0 Å². The van der Waals surface area contributed by atoms with Crippen LogP contribution in [0, 0.1) is 0 Å². The lowest BCUT2D eigenvalue weighted by atomic mass is 9.96. The predicted octanol–water partition coefficient (Wildman–Crippen LogP) is 0.977. The second kappa shape index (κ2) is 6.97. The van der Waals surface area contributed by atoms with Gasteiger partial charge in [-0.25, -0.2) is 0 Å². The molecule has 0 aliphatic carbocycles. The SMILES string of the molecule is CCCCNC(=O)CC(C)(C)N1CCNCC1. The molecule has 2 N–H and O–H groups in total. The van der Waals surface area contributed by atoms with Crippen molar-refractivity contribution in [3.63, 3.8) is 0 Å². The van der Waals surface area contributed by atoms with Gasteiger partial charge in [0.25, 0.3) is 0 Å². The first-order chi connectivity index (χ1) is 8.06. The Balaban J connectivity index is 2.33. The minimum Gasteiger partial charge on any atom is -0.356 e. The molecule has 0 aromatic carbocycles. The van der Waals surface area contributed by atoms with Gasteiger partial charge in [-0.15, -0.1) is 0 Å². The summed E-state index contributed by atoms with van der Waals surface area (Å²) in [6.45, 7) is 11.4. The van der Waals surface area contributed by atoms with Crippen LogP contribution < -0.4 is 10.6 Å². The molecular weight excluding hydrogens is 214 g/mol. The molecule has 0 aromatic heterocycles. The monoisotopic (exact) mass is 241 g/mol. The number of unbranched alkanes of at least 4 members (excludes halogenated alkanes) is 1. The predicted molar refractivity (Wildman–Crippen MR) is 71.1 cm³/mol. The maximum Gasteiger partial charge on any atom is 0.221 e. The third-order valence-corrected chi connectivity index (χ3v) is 3.42. The number of hydrogen-bond donors (Lipinski definition) is 2. The smallest absolute Gasteiger partial charge is 0.221 e. The van der Waals surface area contributed by atoms with E-state index in [4.69, 9.17) is 0 Å². The molecule has 1 aliphatic heterocycles. The van der Waals surface area contributed by atoms with Crippen LogP contribution >= 0.6 is 0 Å². The lowest BCUT2D eigenvalue weighted by molar-refractivity contribution is -0.123. The summed E-state index contributed by atoms with van der Waals surface area (Å²) < 4.78 is 0. The highest BCUT2D eigenvalue weighted by Gasteiger charge is 2.29. The Morgan fingerprint density at radius 3 is 2.59 bits per heavy atom. The largest absolute Gasteiger partial charge is 0.356 e. The second-order valence-electron chi connectivity index (χ2n) is 5.43. The Bertz CT molecular complexity index is 235. The zero-order chi connectivity index (χ0) is 12.7. The fraction of sp³-hybridized carbons (Fsp3) is 0.923. The zero-order valence-corrected chi connectivity index (χ0v) is 11.5. The Hall–Kier alpha value is -0.610. The lowest BCUT2D eigenvalue weighted by Gasteiger charge is -2.40. The number of piperazine rings is 1. The summed E-state index contributed by atoms with van der Waals surface area (Å²) in [4.78, 5) is 14.2. The normalized spacial score (nSPS) is 18.1. The van der Waals surface area contributed by atoms with Gasteiger partial charge in [-0.05, 0) is 20.3 Å². The van der Waals surface area contributed by atoms with Crippen molar-refractivity contribution in [1.29, 1.82) is 0 Å². The molecule has 0 atom stereocenters. The van der Waals surface area contributed by atoms with Crippen LogP contribution in [-0.2, 0) is 4.79 Å². The van der Waals surface area contributed by atoms with Gasteiger partial charge in [-0.2, -0.15) is 0 Å². The summed E-state index contributed by atoms with van der Waals surface area (Å²) in [7, 11) is 0. The standard InChI is InChI=1S/C13H27N3O/c1-4-5-6-15-12(17)11-13(2,3)16-9-7-14-8-10-16/h14H,4-11H2,1-3H3,(H,15,17). The van der Waals surface area contributed by atoms with Crippen molar-refractivity contribution < 1.29 is 4.79 Å². The van der Waals surface area contributed by atoms with Crippen LogP contribution in [0.1, 0.15) is 40.0 Å². The highest BCUT2D eigenvalue weighted by molar-refractivity contribution is 5.77. The maximum atomic E-state index is 11.8. The first-order valence-electron chi connectivity index (χ1n) is 6.79. The Morgan fingerprint density at radius 1 is 1.35 bits per heavy atom. The van der Waals surface area contributed by atoms with Gasteiger partial charge in [0.1, 0.15) is 0 Å². The number of nitrogens with zero attached hydrogens (tertiary/aromatic N) is 1. The topological polar surface area (TPSA) is 44.4 Å². The number of carbonyl (C=O) groups is 1. The van der Waals surface area contributed by atoms with E-state index in [2.05, 4.69) is 36.3 Å². The number of rotatable bonds is 6. The zero-order valence-electron chi connectivity index (χ0n) is 11.5. The Kier molecular flexibility index (Phi) is 5.92. The molecule has 0 bridgehead atoms. The van der Waals surface area contributed by atoms with E-state index in [0.717, 1.165) is 45.6 Å². The van der Waals surface area contributed by atoms with Crippen molar-refractivity contribution in [1.82, 2.24) is 15.5 Å². The van der Waals surface area contributed by atoms with Crippen LogP contribution in [0.5, 0.6) is 0 Å². The molecule has 1 saturated heterocycles. The van der Waals surface area contributed by atoms with E-state index in [-0.39, 0.29) is 11.4 Å². The molecule has 0 radical (unpaired) electrons. The van der Waals surface area contributed by atoms with E-state index in [9.17, 15) is 4.79 Å². The van der Waals surface area contributed by atoms with E-state index in [1.54, 1.807) is 0 Å². The quantitative estimate of drug-likeness (QED) is 0.681. The number of carbonyl (C=O) groups excluding carboxylic acids is 1.